The SMILES string of the molecule is Cc1nn(CC23CCC(O)(CC2)CC3)c2c1CNCC2. The number of hydrogen-bond acceptors (Lipinski definition) is 3. The molecule has 1 aliphatic heterocycles. The molecule has 3 aliphatic carbocycles. The van der Waals surface area contributed by atoms with E-state index in [2.05, 4.69) is 16.9 Å². The van der Waals surface area contributed by atoms with Gasteiger partial charge < -0.3 is 10.4 Å². The highest BCUT2D eigenvalue weighted by molar-refractivity contribution is 5.28. The van der Waals surface area contributed by atoms with Gasteiger partial charge in [0.25, 0.3) is 0 Å². The van der Waals surface area contributed by atoms with E-state index in [1.807, 2.05) is 0 Å². The minimum atomic E-state index is -0.328. The van der Waals surface area contributed by atoms with E-state index in [1.54, 1.807) is 0 Å². The summed E-state index contributed by atoms with van der Waals surface area (Å²) in [5, 5.41) is 18.6. The van der Waals surface area contributed by atoms with Crippen LogP contribution in [0.1, 0.15) is 55.5 Å². The molecule has 3 saturated carbocycles. The van der Waals surface area contributed by atoms with Crippen LogP contribution >= 0.6 is 0 Å². The first-order valence-corrected chi connectivity index (χ1v) is 8.08. The van der Waals surface area contributed by atoms with Crippen molar-refractivity contribution in [2.75, 3.05) is 6.54 Å². The lowest BCUT2D eigenvalue weighted by Crippen LogP contribution is -2.47. The highest BCUT2D eigenvalue weighted by atomic mass is 16.3. The van der Waals surface area contributed by atoms with E-state index in [0.29, 0.717) is 5.41 Å². The fourth-order valence-corrected chi connectivity index (χ4v) is 4.53. The van der Waals surface area contributed by atoms with Gasteiger partial charge in [-0.2, -0.15) is 5.10 Å². The van der Waals surface area contributed by atoms with Crippen LogP contribution in [-0.4, -0.2) is 27.0 Å². The lowest BCUT2D eigenvalue weighted by atomic mass is 9.58. The van der Waals surface area contributed by atoms with Crippen molar-refractivity contribution in [3.8, 4) is 0 Å². The summed E-state index contributed by atoms with van der Waals surface area (Å²) in [4.78, 5) is 0. The van der Waals surface area contributed by atoms with Crippen LogP contribution in [0.4, 0.5) is 0 Å². The number of fused-ring (bicyclic) bond motifs is 4. The minimum absolute atomic E-state index is 0.328. The first-order valence-electron chi connectivity index (χ1n) is 8.08. The van der Waals surface area contributed by atoms with Crippen LogP contribution in [-0.2, 0) is 19.5 Å². The second-order valence-corrected chi connectivity index (χ2v) is 7.32. The molecular weight excluding hydrogens is 250 g/mol. The van der Waals surface area contributed by atoms with E-state index in [0.717, 1.165) is 45.3 Å². The van der Waals surface area contributed by atoms with E-state index in [1.165, 1.54) is 36.2 Å². The molecule has 2 heterocycles. The highest BCUT2D eigenvalue weighted by Crippen LogP contribution is 2.53. The smallest absolute Gasteiger partial charge is 0.0648 e. The molecule has 3 fully saturated rings. The summed E-state index contributed by atoms with van der Waals surface area (Å²) in [6.07, 6.45) is 7.63. The molecule has 1 aromatic rings. The molecular formula is C16H25N3O. The van der Waals surface area contributed by atoms with E-state index < -0.39 is 0 Å². The largest absolute Gasteiger partial charge is 0.390 e. The maximum Gasteiger partial charge on any atom is 0.0648 e. The summed E-state index contributed by atoms with van der Waals surface area (Å²) in [6, 6.07) is 0. The van der Waals surface area contributed by atoms with Crippen LogP contribution < -0.4 is 5.32 Å². The Morgan fingerprint density at radius 1 is 1.20 bits per heavy atom. The molecule has 2 bridgehead atoms. The van der Waals surface area contributed by atoms with Gasteiger partial charge in [0, 0.05) is 37.3 Å². The Hall–Kier alpha value is -0.870. The van der Waals surface area contributed by atoms with E-state index >= 15 is 0 Å². The topological polar surface area (TPSA) is 50.1 Å². The molecule has 20 heavy (non-hydrogen) atoms. The van der Waals surface area contributed by atoms with Crippen LogP contribution in [0, 0.1) is 12.3 Å². The first kappa shape index (κ1) is 12.8. The zero-order chi connectivity index (χ0) is 13.8. The average Bonchev–Trinajstić information content (AvgIpc) is 2.78. The fraction of sp³-hybridized carbons (Fsp3) is 0.812. The summed E-state index contributed by atoms with van der Waals surface area (Å²) in [7, 11) is 0. The Bertz CT molecular complexity index is 510. The van der Waals surface area contributed by atoms with Gasteiger partial charge in [-0.15, -0.1) is 0 Å². The van der Waals surface area contributed by atoms with Gasteiger partial charge in [-0.3, -0.25) is 4.68 Å². The van der Waals surface area contributed by atoms with Gasteiger partial charge in [0.05, 0.1) is 11.3 Å². The number of nitrogens with zero attached hydrogens (tertiary/aromatic N) is 2. The normalized spacial score (nSPS) is 36.1. The van der Waals surface area contributed by atoms with Gasteiger partial charge >= 0.3 is 0 Å². The van der Waals surface area contributed by atoms with Crippen molar-refractivity contribution >= 4 is 0 Å². The van der Waals surface area contributed by atoms with Crippen molar-refractivity contribution in [2.45, 2.75) is 70.6 Å². The van der Waals surface area contributed by atoms with E-state index in [9.17, 15) is 5.11 Å². The maximum atomic E-state index is 10.4. The molecule has 0 spiro atoms. The average molecular weight is 275 g/mol. The molecule has 0 unspecified atom stereocenters. The Morgan fingerprint density at radius 3 is 2.60 bits per heavy atom. The third kappa shape index (κ3) is 1.92. The Morgan fingerprint density at radius 2 is 1.90 bits per heavy atom. The Kier molecular flexibility index (Phi) is 2.77. The van der Waals surface area contributed by atoms with E-state index in [-0.39, 0.29) is 5.60 Å². The number of nitrogens with one attached hydrogen (secondary N) is 1. The molecule has 0 radical (unpaired) electrons. The Balaban J connectivity index is 1.61. The van der Waals surface area contributed by atoms with Crippen LogP contribution in [0.2, 0.25) is 0 Å². The highest BCUT2D eigenvalue weighted by Gasteiger charge is 2.48. The second kappa shape index (κ2) is 4.31. The number of aliphatic hydroxyl groups is 1. The zero-order valence-corrected chi connectivity index (χ0v) is 12.4. The molecule has 2 N–H and O–H groups in total. The van der Waals surface area contributed by atoms with Gasteiger partial charge in [0.1, 0.15) is 0 Å². The molecule has 4 aliphatic rings. The molecule has 0 aromatic carbocycles. The van der Waals surface area contributed by atoms with Crippen molar-refractivity contribution in [1.29, 1.82) is 0 Å². The summed E-state index contributed by atoms with van der Waals surface area (Å²) >= 11 is 0. The van der Waals surface area contributed by atoms with Gasteiger partial charge in [-0.1, -0.05) is 0 Å². The molecule has 4 nitrogen and oxygen atoms in total. The predicted octanol–water partition coefficient (Wildman–Crippen LogP) is 1.92. The van der Waals surface area contributed by atoms with Crippen molar-refractivity contribution in [3.05, 3.63) is 17.0 Å². The van der Waals surface area contributed by atoms with Crippen LogP contribution in [0.5, 0.6) is 0 Å². The molecule has 5 rings (SSSR count). The molecule has 110 valence electrons. The number of aromatic nitrogens is 2. The number of rotatable bonds is 2. The fourth-order valence-electron chi connectivity index (χ4n) is 4.53. The lowest BCUT2D eigenvalue weighted by Gasteiger charge is -2.51. The summed E-state index contributed by atoms with van der Waals surface area (Å²) in [6.45, 7) is 5.26. The van der Waals surface area contributed by atoms with Gasteiger partial charge in [0.15, 0.2) is 0 Å². The van der Waals surface area contributed by atoms with Crippen LogP contribution in [0.15, 0.2) is 0 Å². The molecule has 0 amide bonds. The second-order valence-electron chi connectivity index (χ2n) is 7.32. The third-order valence-corrected chi connectivity index (χ3v) is 6.05. The van der Waals surface area contributed by atoms with E-state index in [4.69, 9.17) is 5.10 Å². The van der Waals surface area contributed by atoms with Crippen molar-refractivity contribution in [2.24, 2.45) is 5.41 Å². The lowest BCUT2D eigenvalue weighted by molar-refractivity contribution is -0.0980. The minimum Gasteiger partial charge on any atom is -0.390 e. The summed E-state index contributed by atoms with van der Waals surface area (Å²) in [5.74, 6) is 0. The Labute approximate surface area is 120 Å². The van der Waals surface area contributed by atoms with Crippen LogP contribution in [0.25, 0.3) is 0 Å². The predicted molar refractivity (Wildman–Crippen MR) is 77.5 cm³/mol. The molecule has 4 heteroatoms. The zero-order valence-electron chi connectivity index (χ0n) is 12.4. The molecule has 1 aromatic heterocycles. The monoisotopic (exact) mass is 275 g/mol. The molecule has 0 atom stereocenters. The molecule has 0 saturated heterocycles. The number of hydrogen-bond donors (Lipinski definition) is 2. The first-order chi connectivity index (χ1) is 9.59. The van der Waals surface area contributed by atoms with Crippen LogP contribution in [0.3, 0.4) is 0 Å². The van der Waals surface area contributed by atoms with Gasteiger partial charge in [-0.25, -0.2) is 0 Å². The third-order valence-electron chi connectivity index (χ3n) is 6.05. The van der Waals surface area contributed by atoms with Gasteiger partial charge in [-0.05, 0) is 50.9 Å². The maximum absolute atomic E-state index is 10.4. The standard InChI is InChI=1S/C16H25N3O/c1-12-13-10-17-9-2-14(13)19(18-12)11-15-3-6-16(20,7-4-15)8-5-15/h17,20H,2-11H2,1H3. The van der Waals surface area contributed by atoms with Gasteiger partial charge in [0.2, 0.25) is 0 Å². The summed E-state index contributed by atoms with van der Waals surface area (Å²) in [5.41, 5.74) is 4.16. The van der Waals surface area contributed by atoms with Crippen molar-refractivity contribution in [3.63, 3.8) is 0 Å². The summed E-state index contributed by atoms with van der Waals surface area (Å²) < 4.78 is 2.31. The van der Waals surface area contributed by atoms with Crippen molar-refractivity contribution in [1.82, 2.24) is 15.1 Å². The number of aryl methyl sites for hydroxylation is 1. The van der Waals surface area contributed by atoms with Crippen molar-refractivity contribution < 1.29 is 5.11 Å². The quantitative estimate of drug-likeness (QED) is 0.867.